The van der Waals surface area contributed by atoms with Gasteiger partial charge in [0.15, 0.2) is 0 Å². The van der Waals surface area contributed by atoms with Crippen LogP contribution in [0.25, 0.3) is 0 Å². The van der Waals surface area contributed by atoms with E-state index in [4.69, 9.17) is 9.84 Å². The van der Waals surface area contributed by atoms with Crippen molar-refractivity contribution in [3.05, 3.63) is 35.9 Å². The Bertz CT molecular complexity index is 441. The summed E-state index contributed by atoms with van der Waals surface area (Å²) in [5, 5.41) is 8.82. The molecule has 1 aromatic carbocycles. The largest absolute Gasteiger partial charge is 0.481 e. The highest BCUT2D eigenvalue weighted by molar-refractivity contribution is 5.77. The Hall–Kier alpha value is -1.84. The maximum absolute atomic E-state index is 12.1. The second-order valence-corrected chi connectivity index (χ2v) is 5.16. The van der Waals surface area contributed by atoms with Gasteiger partial charge in [-0.15, -0.1) is 0 Å². The Balaban J connectivity index is 2.71. The molecule has 1 aromatic rings. The van der Waals surface area contributed by atoms with Crippen LogP contribution >= 0.6 is 0 Å². The topological polar surface area (TPSA) is 63.6 Å². The number of rotatable bonds is 8. The van der Waals surface area contributed by atoms with Gasteiger partial charge in [0.2, 0.25) is 0 Å². The number of hydrogen-bond donors (Lipinski definition) is 1. The Kier molecular flexibility index (Phi) is 6.22. The van der Waals surface area contributed by atoms with E-state index >= 15 is 0 Å². The molecule has 0 bridgehead atoms. The normalized spacial score (nSPS) is 13.5. The summed E-state index contributed by atoms with van der Waals surface area (Å²) in [7, 11) is 0. The number of benzene rings is 1. The predicted molar refractivity (Wildman–Crippen MR) is 76.4 cm³/mol. The van der Waals surface area contributed by atoms with E-state index in [9.17, 15) is 9.59 Å². The Morgan fingerprint density at radius 3 is 2.40 bits per heavy atom. The number of aryl methyl sites for hydroxylation is 1. The first kappa shape index (κ1) is 16.2. The summed E-state index contributed by atoms with van der Waals surface area (Å²) >= 11 is 0. The lowest BCUT2D eigenvalue weighted by Gasteiger charge is -2.26. The number of carbonyl (C=O) groups is 2. The maximum Gasteiger partial charge on any atom is 0.311 e. The van der Waals surface area contributed by atoms with Crippen LogP contribution in [0.4, 0.5) is 0 Å². The van der Waals surface area contributed by atoms with Gasteiger partial charge >= 0.3 is 11.9 Å². The van der Waals surface area contributed by atoms with E-state index in [1.54, 1.807) is 13.8 Å². The van der Waals surface area contributed by atoms with E-state index in [1.807, 2.05) is 30.3 Å². The van der Waals surface area contributed by atoms with Crippen molar-refractivity contribution < 1.29 is 19.4 Å². The van der Waals surface area contributed by atoms with Gasteiger partial charge in [-0.1, -0.05) is 30.3 Å². The van der Waals surface area contributed by atoms with Gasteiger partial charge < -0.3 is 9.84 Å². The second kappa shape index (κ2) is 7.68. The van der Waals surface area contributed by atoms with Gasteiger partial charge in [0, 0.05) is 6.42 Å². The maximum atomic E-state index is 12.1. The first-order valence-corrected chi connectivity index (χ1v) is 6.91. The highest BCUT2D eigenvalue weighted by Crippen LogP contribution is 2.31. The molecule has 1 atom stereocenters. The lowest BCUT2D eigenvalue weighted by molar-refractivity contribution is -0.155. The Morgan fingerprint density at radius 1 is 1.20 bits per heavy atom. The number of esters is 1. The van der Waals surface area contributed by atoms with Crippen LogP contribution in [0, 0.1) is 5.41 Å². The van der Waals surface area contributed by atoms with Crippen LogP contribution in [0.15, 0.2) is 30.3 Å². The highest BCUT2D eigenvalue weighted by Gasteiger charge is 2.34. The first-order chi connectivity index (χ1) is 9.48. The van der Waals surface area contributed by atoms with Gasteiger partial charge in [-0.05, 0) is 38.7 Å². The Labute approximate surface area is 119 Å². The van der Waals surface area contributed by atoms with Crippen LogP contribution in [0.2, 0.25) is 0 Å². The molecule has 110 valence electrons. The molecular formula is C16H22O4. The zero-order valence-corrected chi connectivity index (χ0v) is 12.1. The van der Waals surface area contributed by atoms with Crippen molar-refractivity contribution in [1.82, 2.24) is 0 Å². The van der Waals surface area contributed by atoms with E-state index in [1.165, 1.54) is 0 Å². The average molecular weight is 278 g/mol. The van der Waals surface area contributed by atoms with Gasteiger partial charge in [0.05, 0.1) is 12.0 Å². The fourth-order valence-electron chi connectivity index (χ4n) is 2.08. The summed E-state index contributed by atoms with van der Waals surface area (Å²) in [6, 6.07) is 9.85. The highest BCUT2D eigenvalue weighted by atomic mass is 16.5. The molecule has 0 saturated heterocycles. The van der Waals surface area contributed by atoms with Crippen LogP contribution in [-0.4, -0.2) is 23.7 Å². The number of hydrogen-bond acceptors (Lipinski definition) is 3. The third-order valence-electron chi connectivity index (χ3n) is 3.47. The summed E-state index contributed by atoms with van der Waals surface area (Å²) in [4.78, 5) is 22.8. The second-order valence-electron chi connectivity index (χ2n) is 5.16. The third kappa shape index (κ3) is 5.03. The fraction of sp³-hybridized carbons (Fsp3) is 0.500. The lowest BCUT2D eigenvalue weighted by Crippen LogP contribution is -2.31. The van der Waals surface area contributed by atoms with Gasteiger partial charge in [0.25, 0.3) is 0 Å². The van der Waals surface area contributed by atoms with E-state index in [0.29, 0.717) is 19.4 Å². The number of aliphatic carboxylic acids is 1. The minimum atomic E-state index is -0.889. The molecule has 0 spiro atoms. The molecule has 0 radical (unpaired) electrons. The van der Waals surface area contributed by atoms with E-state index in [0.717, 1.165) is 12.0 Å². The zero-order valence-electron chi connectivity index (χ0n) is 12.1. The molecule has 20 heavy (non-hydrogen) atoms. The summed E-state index contributed by atoms with van der Waals surface area (Å²) in [6.07, 6.45) is 1.59. The number of carbonyl (C=O) groups excluding carboxylic acids is 1. The minimum Gasteiger partial charge on any atom is -0.481 e. The van der Waals surface area contributed by atoms with Crippen molar-refractivity contribution in [1.29, 1.82) is 0 Å². The monoisotopic (exact) mass is 278 g/mol. The smallest absolute Gasteiger partial charge is 0.311 e. The summed E-state index contributed by atoms with van der Waals surface area (Å²) in [5.74, 6) is -1.20. The molecule has 0 fully saturated rings. The third-order valence-corrected chi connectivity index (χ3v) is 3.47. The fourth-order valence-corrected chi connectivity index (χ4v) is 2.08. The molecule has 1 N–H and O–H groups in total. The quantitative estimate of drug-likeness (QED) is 0.742. The summed E-state index contributed by atoms with van der Waals surface area (Å²) < 4.78 is 5.10. The molecule has 0 unspecified atom stereocenters. The van der Waals surface area contributed by atoms with E-state index in [-0.39, 0.29) is 12.4 Å². The molecule has 4 nitrogen and oxygen atoms in total. The van der Waals surface area contributed by atoms with Gasteiger partial charge in [-0.25, -0.2) is 0 Å². The molecule has 1 rings (SSSR count). The SMILES string of the molecule is CCOC(=O)[C@@](C)(CCC(=O)O)CCc1ccccc1. The first-order valence-electron chi connectivity index (χ1n) is 6.91. The molecule has 0 amide bonds. The summed E-state index contributed by atoms with van der Waals surface area (Å²) in [6.45, 7) is 3.86. The lowest BCUT2D eigenvalue weighted by atomic mass is 9.80. The van der Waals surface area contributed by atoms with E-state index in [2.05, 4.69) is 0 Å². The number of carboxylic acid groups (broad SMARTS) is 1. The molecule has 0 aliphatic heterocycles. The van der Waals surface area contributed by atoms with Crippen LogP contribution in [-0.2, 0) is 20.7 Å². The van der Waals surface area contributed by atoms with Gasteiger partial charge in [0.1, 0.15) is 0 Å². The predicted octanol–water partition coefficient (Wildman–Crippen LogP) is 3.05. The number of ether oxygens (including phenoxy) is 1. The van der Waals surface area contributed by atoms with E-state index < -0.39 is 11.4 Å². The van der Waals surface area contributed by atoms with Crippen LogP contribution < -0.4 is 0 Å². The van der Waals surface area contributed by atoms with Crippen LogP contribution in [0.5, 0.6) is 0 Å². The zero-order chi connectivity index (χ0) is 15.0. The van der Waals surface area contributed by atoms with Crippen molar-refractivity contribution in [2.45, 2.75) is 39.5 Å². The minimum absolute atomic E-state index is 0.0237. The van der Waals surface area contributed by atoms with Crippen molar-refractivity contribution in [3.63, 3.8) is 0 Å². The van der Waals surface area contributed by atoms with Gasteiger partial charge in [-0.2, -0.15) is 0 Å². The molecule has 4 heteroatoms. The summed E-state index contributed by atoms with van der Waals surface area (Å²) in [5.41, 5.74) is 0.392. The average Bonchev–Trinajstić information content (AvgIpc) is 2.44. The Morgan fingerprint density at radius 2 is 1.85 bits per heavy atom. The van der Waals surface area contributed by atoms with Crippen LogP contribution in [0.1, 0.15) is 38.7 Å². The van der Waals surface area contributed by atoms with Crippen LogP contribution in [0.3, 0.4) is 0 Å². The molecule has 0 aromatic heterocycles. The van der Waals surface area contributed by atoms with Gasteiger partial charge in [-0.3, -0.25) is 9.59 Å². The standard InChI is InChI=1S/C16H22O4/c1-3-20-15(19)16(2,12-10-14(17)18)11-9-13-7-5-4-6-8-13/h4-8H,3,9-12H2,1-2H3,(H,17,18)/t16-/m1/s1. The van der Waals surface area contributed by atoms with Crippen molar-refractivity contribution in [2.75, 3.05) is 6.61 Å². The molecule has 0 aliphatic rings. The van der Waals surface area contributed by atoms with Crippen molar-refractivity contribution in [2.24, 2.45) is 5.41 Å². The molecule has 0 saturated carbocycles. The van der Waals surface area contributed by atoms with Crippen molar-refractivity contribution >= 4 is 11.9 Å². The molecule has 0 heterocycles. The molecule has 0 aliphatic carbocycles. The van der Waals surface area contributed by atoms with Crippen molar-refractivity contribution in [3.8, 4) is 0 Å². The molecular weight excluding hydrogens is 256 g/mol. The number of carboxylic acids is 1.